The van der Waals surface area contributed by atoms with Gasteiger partial charge in [0.1, 0.15) is 5.75 Å². The minimum absolute atomic E-state index is 0.196. The fraction of sp³-hybridized carbons (Fsp3) is 0.176. The molecule has 3 rings (SSSR count). The number of rotatable bonds is 2. The maximum atomic E-state index is 10.3. The van der Waals surface area contributed by atoms with E-state index in [2.05, 4.69) is 10.2 Å². The van der Waals surface area contributed by atoms with Gasteiger partial charge in [0.25, 0.3) is 0 Å². The largest absolute Gasteiger partial charge is 0.507 e. The van der Waals surface area contributed by atoms with Crippen molar-refractivity contribution in [3.8, 4) is 22.8 Å². The number of aromatic nitrogens is 3. The van der Waals surface area contributed by atoms with Crippen LogP contribution in [0.15, 0.2) is 36.4 Å². The average Bonchev–Trinajstić information content (AvgIpc) is 2.81. The molecule has 1 heterocycles. The molecule has 0 aliphatic rings. The molecule has 0 radical (unpaired) electrons. The molecule has 0 unspecified atom stereocenters. The summed E-state index contributed by atoms with van der Waals surface area (Å²) in [6, 6.07) is 11.6. The number of aryl methyl sites for hydroxylation is 3. The molecule has 5 heteroatoms. The van der Waals surface area contributed by atoms with Crippen LogP contribution in [0.4, 0.5) is 0 Å². The van der Waals surface area contributed by atoms with Crippen LogP contribution >= 0.6 is 12.2 Å². The molecule has 0 saturated heterocycles. The molecule has 0 amide bonds. The molecule has 3 aromatic rings. The first-order valence-corrected chi connectivity index (χ1v) is 7.44. The van der Waals surface area contributed by atoms with Gasteiger partial charge in [0.2, 0.25) is 0 Å². The van der Waals surface area contributed by atoms with E-state index in [1.54, 1.807) is 6.07 Å². The molecule has 0 aliphatic carbocycles. The Balaban J connectivity index is 2.32. The fourth-order valence-electron chi connectivity index (χ4n) is 2.67. The van der Waals surface area contributed by atoms with Crippen LogP contribution in [-0.2, 0) is 0 Å². The zero-order chi connectivity index (χ0) is 15.9. The average molecular weight is 311 g/mol. The first-order chi connectivity index (χ1) is 10.5. The Hall–Kier alpha value is -2.40. The van der Waals surface area contributed by atoms with Gasteiger partial charge in [0, 0.05) is 0 Å². The standard InChI is InChI=1S/C17H17N3OS/c1-10-7-8-13(14(21)9-10)16-18-19-17(22)20(16)15-11(2)5-4-6-12(15)3/h4-9,21H,1-3H3,(H,19,22). The second-order valence-electron chi connectivity index (χ2n) is 5.45. The topological polar surface area (TPSA) is 53.8 Å². The van der Waals surface area contributed by atoms with E-state index in [-0.39, 0.29) is 5.75 Å². The minimum Gasteiger partial charge on any atom is -0.507 e. The zero-order valence-corrected chi connectivity index (χ0v) is 13.5. The summed E-state index contributed by atoms with van der Waals surface area (Å²) in [7, 11) is 0. The Morgan fingerprint density at radius 1 is 1.09 bits per heavy atom. The van der Waals surface area contributed by atoms with Gasteiger partial charge < -0.3 is 5.11 Å². The Kier molecular flexibility index (Phi) is 3.58. The lowest BCUT2D eigenvalue weighted by Gasteiger charge is -2.13. The number of phenols is 1. The molecule has 0 atom stereocenters. The molecule has 1 aromatic heterocycles. The number of nitrogens with zero attached hydrogens (tertiary/aromatic N) is 2. The van der Waals surface area contributed by atoms with Crippen LogP contribution in [0.5, 0.6) is 5.75 Å². The summed E-state index contributed by atoms with van der Waals surface area (Å²) < 4.78 is 2.39. The van der Waals surface area contributed by atoms with E-state index < -0.39 is 0 Å². The van der Waals surface area contributed by atoms with Crippen LogP contribution in [0, 0.1) is 25.5 Å². The lowest BCUT2D eigenvalue weighted by atomic mass is 10.1. The zero-order valence-electron chi connectivity index (χ0n) is 12.7. The van der Waals surface area contributed by atoms with Crippen LogP contribution in [-0.4, -0.2) is 19.9 Å². The Morgan fingerprint density at radius 3 is 2.41 bits per heavy atom. The second-order valence-corrected chi connectivity index (χ2v) is 5.84. The van der Waals surface area contributed by atoms with Gasteiger partial charge >= 0.3 is 0 Å². The molecule has 0 spiro atoms. The van der Waals surface area contributed by atoms with Gasteiger partial charge in [-0.15, -0.1) is 0 Å². The normalized spacial score (nSPS) is 10.9. The van der Waals surface area contributed by atoms with E-state index in [1.165, 1.54) is 0 Å². The number of hydrogen-bond donors (Lipinski definition) is 2. The quantitative estimate of drug-likeness (QED) is 0.696. The van der Waals surface area contributed by atoms with Crippen molar-refractivity contribution in [3.63, 3.8) is 0 Å². The highest BCUT2D eigenvalue weighted by Gasteiger charge is 2.16. The molecule has 2 aromatic carbocycles. The van der Waals surface area contributed by atoms with Crippen LogP contribution in [0.1, 0.15) is 16.7 Å². The van der Waals surface area contributed by atoms with Crippen molar-refractivity contribution in [1.29, 1.82) is 0 Å². The number of nitrogens with one attached hydrogen (secondary N) is 1. The predicted molar refractivity (Wildman–Crippen MR) is 90.1 cm³/mol. The third kappa shape index (κ3) is 2.33. The number of phenolic OH excluding ortho intramolecular Hbond substituents is 1. The number of aromatic amines is 1. The van der Waals surface area contributed by atoms with Gasteiger partial charge in [-0.1, -0.05) is 24.3 Å². The van der Waals surface area contributed by atoms with Crippen molar-refractivity contribution < 1.29 is 5.11 Å². The van der Waals surface area contributed by atoms with Crippen molar-refractivity contribution in [2.45, 2.75) is 20.8 Å². The maximum absolute atomic E-state index is 10.3. The van der Waals surface area contributed by atoms with Crippen molar-refractivity contribution in [1.82, 2.24) is 14.8 Å². The molecule has 0 bridgehead atoms. The first-order valence-electron chi connectivity index (χ1n) is 7.03. The van der Waals surface area contributed by atoms with E-state index >= 15 is 0 Å². The van der Waals surface area contributed by atoms with Crippen molar-refractivity contribution >= 4 is 12.2 Å². The van der Waals surface area contributed by atoms with E-state index in [1.807, 2.05) is 55.7 Å². The van der Waals surface area contributed by atoms with Crippen molar-refractivity contribution in [3.05, 3.63) is 57.9 Å². The van der Waals surface area contributed by atoms with Gasteiger partial charge in [-0.25, -0.2) is 0 Å². The second kappa shape index (κ2) is 5.42. The highest BCUT2D eigenvalue weighted by atomic mass is 32.1. The van der Waals surface area contributed by atoms with Gasteiger partial charge in [0.05, 0.1) is 11.3 Å². The predicted octanol–water partition coefficient (Wildman–Crippen LogP) is 4.23. The highest BCUT2D eigenvalue weighted by molar-refractivity contribution is 7.71. The van der Waals surface area contributed by atoms with Crippen LogP contribution < -0.4 is 0 Å². The van der Waals surface area contributed by atoms with Gasteiger partial charge in [-0.3, -0.25) is 9.67 Å². The summed E-state index contributed by atoms with van der Waals surface area (Å²) in [6.45, 7) is 6.01. The van der Waals surface area contributed by atoms with Crippen molar-refractivity contribution in [2.24, 2.45) is 0 Å². The van der Waals surface area contributed by atoms with E-state index in [0.29, 0.717) is 16.2 Å². The summed E-state index contributed by atoms with van der Waals surface area (Å²) in [5.41, 5.74) is 4.85. The molecular formula is C17H17N3OS. The monoisotopic (exact) mass is 311 g/mol. The molecule has 112 valence electrons. The number of H-pyrrole nitrogens is 1. The van der Waals surface area contributed by atoms with Gasteiger partial charge in [0.15, 0.2) is 10.6 Å². The lowest BCUT2D eigenvalue weighted by molar-refractivity contribution is 0.476. The number of hydrogen-bond acceptors (Lipinski definition) is 3. The van der Waals surface area contributed by atoms with Crippen LogP contribution in [0.25, 0.3) is 17.1 Å². The summed E-state index contributed by atoms with van der Waals surface area (Å²) in [4.78, 5) is 0. The van der Waals surface area contributed by atoms with E-state index in [4.69, 9.17) is 12.2 Å². The maximum Gasteiger partial charge on any atom is 0.200 e. The third-order valence-corrected chi connectivity index (χ3v) is 4.00. The lowest BCUT2D eigenvalue weighted by Crippen LogP contribution is -2.03. The van der Waals surface area contributed by atoms with Crippen LogP contribution in [0.3, 0.4) is 0 Å². The number of aromatic hydroxyl groups is 1. The summed E-state index contributed by atoms with van der Waals surface area (Å²) in [5, 5.41) is 17.4. The summed E-state index contributed by atoms with van der Waals surface area (Å²) in [6.07, 6.45) is 0. The number of para-hydroxylation sites is 1. The van der Waals surface area contributed by atoms with E-state index in [0.717, 1.165) is 22.4 Å². The molecule has 2 N–H and O–H groups in total. The fourth-order valence-corrected chi connectivity index (χ4v) is 2.90. The molecule has 0 fully saturated rings. The smallest absolute Gasteiger partial charge is 0.200 e. The first kappa shape index (κ1) is 14.5. The van der Waals surface area contributed by atoms with Crippen molar-refractivity contribution in [2.75, 3.05) is 0 Å². The van der Waals surface area contributed by atoms with Crippen LogP contribution in [0.2, 0.25) is 0 Å². The van der Waals surface area contributed by atoms with Gasteiger partial charge in [-0.05, 0) is 61.8 Å². The number of benzene rings is 2. The summed E-state index contributed by atoms with van der Waals surface area (Å²) in [5.74, 6) is 0.807. The Morgan fingerprint density at radius 2 is 1.77 bits per heavy atom. The SMILES string of the molecule is Cc1ccc(-c2n[nH]c(=S)n2-c2c(C)cccc2C)c(O)c1. The Labute approximate surface area is 134 Å². The molecule has 22 heavy (non-hydrogen) atoms. The Bertz CT molecular complexity index is 888. The molecule has 4 nitrogen and oxygen atoms in total. The van der Waals surface area contributed by atoms with E-state index in [9.17, 15) is 5.11 Å². The molecule has 0 saturated carbocycles. The highest BCUT2D eigenvalue weighted by Crippen LogP contribution is 2.31. The minimum atomic E-state index is 0.196. The molecular weight excluding hydrogens is 294 g/mol. The van der Waals surface area contributed by atoms with Gasteiger partial charge in [-0.2, -0.15) is 5.10 Å². The summed E-state index contributed by atoms with van der Waals surface area (Å²) >= 11 is 5.41. The third-order valence-electron chi connectivity index (χ3n) is 3.73. The molecule has 0 aliphatic heterocycles.